The molecular formula is C19H17N3O3. The predicted molar refractivity (Wildman–Crippen MR) is 96.2 cm³/mol. The van der Waals surface area contributed by atoms with Crippen LogP contribution in [-0.4, -0.2) is 22.4 Å². The number of anilines is 1. The standard InChI is InChI=1S/C19H17N3O3/c1-11-12(2)20-17-6-4-14(9-16(11)17)19(23)21-8-7-13-3-5-15(22(24)25)10-18(13)21/h3-6,9-10,20H,7-8H2,1-2H3. The van der Waals surface area contributed by atoms with E-state index >= 15 is 0 Å². The number of hydrogen-bond acceptors (Lipinski definition) is 3. The molecule has 0 radical (unpaired) electrons. The maximum atomic E-state index is 13.0. The number of hydrogen-bond donors (Lipinski definition) is 1. The van der Waals surface area contributed by atoms with Gasteiger partial charge in [-0.15, -0.1) is 0 Å². The zero-order valence-electron chi connectivity index (χ0n) is 14.0. The summed E-state index contributed by atoms with van der Waals surface area (Å²) in [6.07, 6.45) is 0.712. The number of aromatic nitrogens is 1. The van der Waals surface area contributed by atoms with Crippen molar-refractivity contribution in [2.45, 2.75) is 20.3 Å². The SMILES string of the molecule is Cc1[nH]c2ccc(C(=O)N3CCc4ccc([N+](=O)[O-])cc43)cc2c1C. The second kappa shape index (κ2) is 5.44. The Bertz CT molecular complexity index is 1040. The van der Waals surface area contributed by atoms with Crippen molar-refractivity contribution < 1.29 is 9.72 Å². The van der Waals surface area contributed by atoms with Gasteiger partial charge in [0, 0.05) is 40.8 Å². The highest BCUT2D eigenvalue weighted by atomic mass is 16.6. The van der Waals surface area contributed by atoms with Gasteiger partial charge in [-0.25, -0.2) is 0 Å². The van der Waals surface area contributed by atoms with Crippen molar-refractivity contribution in [2.24, 2.45) is 0 Å². The van der Waals surface area contributed by atoms with Crippen LogP contribution in [0.25, 0.3) is 10.9 Å². The van der Waals surface area contributed by atoms with Gasteiger partial charge in [0.25, 0.3) is 11.6 Å². The molecule has 0 atom stereocenters. The van der Waals surface area contributed by atoms with Gasteiger partial charge in [0.15, 0.2) is 0 Å². The Morgan fingerprint density at radius 1 is 1.20 bits per heavy atom. The molecule has 0 spiro atoms. The van der Waals surface area contributed by atoms with Crippen LogP contribution in [0.2, 0.25) is 0 Å². The highest BCUT2D eigenvalue weighted by Gasteiger charge is 2.27. The van der Waals surface area contributed by atoms with Gasteiger partial charge in [-0.3, -0.25) is 14.9 Å². The topological polar surface area (TPSA) is 79.2 Å². The number of nitrogens with zero attached hydrogens (tertiary/aromatic N) is 2. The van der Waals surface area contributed by atoms with Crippen LogP contribution < -0.4 is 4.90 Å². The molecule has 25 heavy (non-hydrogen) atoms. The molecule has 2 aromatic carbocycles. The largest absolute Gasteiger partial charge is 0.358 e. The summed E-state index contributed by atoms with van der Waals surface area (Å²) in [6.45, 7) is 4.57. The van der Waals surface area contributed by atoms with Crippen LogP contribution in [0, 0.1) is 24.0 Å². The van der Waals surface area contributed by atoms with E-state index in [1.807, 2.05) is 26.0 Å². The van der Waals surface area contributed by atoms with Crippen molar-refractivity contribution in [3.05, 3.63) is 68.9 Å². The van der Waals surface area contributed by atoms with Gasteiger partial charge in [0.1, 0.15) is 0 Å². The Balaban J connectivity index is 1.75. The fourth-order valence-electron chi connectivity index (χ4n) is 3.44. The van der Waals surface area contributed by atoms with Crippen LogP contribution in [0.15, 0.2) is 36.4 Å². The Morgan fingerprint density at radius 3 is 2.76 bits per heavy atom. The second-order valence-corrected chi connectivity index (χ2v) is 6.41. The average molecular weight is 335 g/mol. The monoisotopic (exact) mass is 335 g/mol. The number of fused-ring (bicyclic) bond motifs is 2. The molecule has 1 aromatic heterocycles. The van der Waals surface area contributed by atoms with E-state index in [0.29, 0.717) is 24.2 Å². The Hall–Kier alpha value is -3.15. The van der Waals surface area contributed by atoms with Crippen molar-refractivity contribution in [3.8, 4) is 0 Å². The molecule has 0 saturated carbocycles. The number of carbonyl (C=O) groups excluding carboxylic acids is 1. The Labute approximate surface area is 144 Å². The van der Waals surface area contributed by atoms with Gasteiger partial charge in [-0.1, -0.05) is 6.07 Å². The first-order valence-corrected chi connectivity index (χ1v) is 8.14. The third kappa shape index (κ3) is 2.38. The van der Waals surface area contributed by atoms with Gasteiger partial charge in [-0.2, -0.15) is 0 Å². The summed E-state index contributed by atoms with van der Waals surface area (Å²) in [4.78, 5) is 28.5. The molecule has 6 nitrogen and oxygen atoms in total. The van der Waals surface area contributed by atoms with Gasteiger partial charge in [-0.05, 0) is 49.6 Å². The number of H-pyrrole nitrogens is 1. The number of aryl methyl sites for hydroxylation is 2. The summed E-state index contributed by atoms with van der Waals surface area (Å²) in [6, 6.07) is 10.3. The zero-order chi connectivity index (χ0) is 17.7. The first-order valence-electron chi connectivity index (χ1n) is 8.14. The molecule has 2 heterocycles. The van der Waals surface area contributed by atoms with Crippen LogP contribution in [0.1, 0.15) is 27.2 Å². The highest BCUT2D eigenvalue weighted by molar-refractivity contribution is 6.09. The fourth-order valence-corrected chi connectivity index (χ4v) is 3.44. The van der Waals surface area contributed by atoms with Gasteiger partial charge >= 0.3 is 0 Å². The van der Waals surface area contributed by atoms with Gasteiger partial charge < -0.3 is 9.88 Å². The summed E-state index contributed by atoms with van der Waals surface area (Å²) in [5.41, 5.74) is 5.42. The Morgan fingerprint density at radius 2 is 2.00 bits per heavy atom. The normalized spacial score (nSPS) is 13.3. The quantitative estimate of drug-likeness (QED) is 0.570. The van der Waals surface area contributed by atoms with Crippen LogP contribution in [0.4, 0.5) is 11.4 Å². The van der Waals surface area contributed by atoms with Crippen molar-refractivity contribution in [1.29, 1.82) is 0 Å². The third-order valence-electron chi connectivity index (χ3n) is 4.98. The predicted octanol–water partition coefficient (Wildman–Crippen LogP) is 3.90. The number of nitro groups is 1. The van der Waals surface area contributed by atoms with Crippen LogP contribution in [0.5, 0.6) is 0 Å². The number of rotatable bonds is 2. The number of non-ortho nitro benzene ring substituents is 1. The van der Waals surface area contributed by atoms with Crippen LogP contribution in [0.3, 0.4) is 0 Å². The lowest BCUT2D eigenvalue weighted by molar-refractivity contribution is -0.384. The Kier molecular flexibility index (Phi) is 3.35. The number of carbonyl (C=O) groups is 1. The highest BCUT2D eigenvalue weighted by Crippen LogP contribution is 2.33. The van der Waals surface area contributed by atoms with Crippen LogP contribution in [-0.2, 0) is 6.42 Å². The molecule has 1 aliphatic rings. The third-order valence-corrected chi connectivity index (χ3v) is 4.98. The van der Waals surface area contributed by atoms with E-state index < -0.39 is 4.92 Å². The van der Waals surface area contributed by atoms with E-state index in [9.17, 15) is 14.9 Å². The number of nitro benzene ring substituents is 1. The summed E-state index contributed by atoms with van der Waals surface area (Å²) in [7, 11) is 0. The molecule has 6 heteroatoms. The summed E-state index contributed by atoms with van der Waals surface area (Å²) in [5.74, 6) is -0.126. The first kappa shape index (κ1) is 15.4. The molecule has 0 aliphatic carbocycles. The number of aromatic amines is 1. The molecule has 4 rings (SSSR count). The lowest BCUT2D eigenvalue weighted by atomic mass is 10.1. The average Bonchev–Trinajstić information content (AvgIpc) is 3.15. The maximum absolute atomic E-state index is 13.0. The van der Waals surface area contributed by atoms with E-state index in [1.54, 1.807) is 17.0 Å². The minimum absolute atomic E-state index is 0.00556. The number of benzene rings is 2. The molecule has 3 aromatic rings. The number of amides is 1. The zero-order valence-corrected chi connectivity index (χ0v) is 14.0. The first-order chi connectivity index (χ1) is 12.0. The summed E-state index contributed by atoms with van der Waals surface area (Å²) in [5, 5.41) is 12.1. The van der Waals surface area contributed by atoms with E-state index in [-0.39, 0.29) is 11.6 Å². The molecule has 126 valence electrons. The van der Waals surface area contributed by atoms with E-state index in [2.05, 4.69) is 4.98 Å². The molecule has 1 aliphatic heterocycles. The smallest absolute Gasteiger partial charge is 0.271 e. The molecule has 1 amide bonds. The lowest BCUT2D eigenvalue weighted by Crippen LogP contribution is -2.28. The van der Waals surface area contributed by atoms with Crippen molar-refractivity contribution >= 4 is 28.2 Å². The molecule has 0 saturated heterocycles. The number of nitrogens with one attached hydrogen (secondary N) is 1. The molecular weight excluding hydrogens is 318 g/mol. The summed E-state index contributed by atoms with van der Waals surface area (Å²) >= 11 is 0. The second-order valence-electron chi connectivity index (χ2n) is 6.41. The van der Waals surface area contributed by atoms with E-state index in [1.165, 1.54) is 12.1 Å². The van der Waals surface area contributed by atoms with Crippen molar-refractivity contribution in [3.63, 3.8) is 0 Å². The van der Waals surface area contributed by atoms with E-state index in [0.717, 1.165) is 27.7 Å². The van der Waals surface area contributed by atoms with Crippen LogP contribution >= 0.6 is 0 Å². The van der Waals surface area contributed by atoms with Gasteiger partial charge in [0.2, 0.25) is 0 Å². The lowest BCUT2D eigenvalue weighted by Gasteiger charge is -2.17. The molecule has 0 bridgehead atoms. The maximum Gasteiger partial charge on any atom is 0.271 e. The van der Waals surface area contributed by atoms with Crippen molar-refractivity contribution in [1.82, 2.24) is 4.98 Å². The summed E-state index contributed by atoms with van der Waals surface area (Å²) < 4.78 is 0. The molecule has 0 unspecified atom stereocenters. The fraction of sp³-hybridized carbons (Fsp3) is 0.211. The molecule has 0 fully saturated rings. The minimum atomic E-state index is -0.431. The van der Waals surface area contributed by atoms with E-state index in [4.69, 9.17) is 0 Å². The molecule has 1 N–H and O–H groups in total. The van der Waals surface area contributed by atoms with Crippen molar-refractivity contribution in [2.75, 3.05) is 11.4 Å². The minimum Gasteiger partial charge on any atom is -0.358 e. The van der Waals surface area contributed by atoms with Gasteiger partial charge in [0.05, 0.1) is 10.6 Å².